The van der Waals surface area contributed by atoms with Gasteiger partial charge in [-0.25, -0.2) is 4.79 Å². The third kappa shape index (κ3) is 4.49. The minimum atomic E-state index is -1.70. The first-order chi connectivity index (χ1) is 24.4. The van der Waals surface area contributed by atoms with E-state index in [2.05, 4.69) is 18.7 Å². The van der Waals surface area contributed by atoms with Crippen molar-refractivity contribution < 1.29 is 59.2 Å². The van der Waals surface area contributed by atoms with Crippen LogP contribution in [0.2, 0.25) is 0 Å². The summed E-state index contributed by atoms with van der Waals surface area (Å²) >= 11 is 0. The molecule has 0 aromatic heterocycles. The summed E-state index contributed by atoms with van der Waals surface area (Å²) in [5, 5.41) is 65.6. The van der Waals surface area contributed by atoms with Gasteiger partial charge >= 0.3 is 11.9 Å². The zero-order valence-corrected chi connectivity index (χ0v) is 29.4. The predicted octanol–water partition coefficient (Wildman–Crippen LogP) is 1.16. The SMILES string of the molecule is CC1CN2CC3CCC4CCC5C(C(=O)OCC6OC(OC7OC=C(C(=O)O)C8CC=C(CO)C78)C(O)C(O)C6O)CC6(C2C1CCC36C)C45O. The van der Waals surface area contributed by atoms with Gasteiger partial charge in [0.05, 0.1) is 35.9 Å². The second-order valence-corrected chi connectivity index (χ2v) is 17.7. The van der Waals surface area contributed by atoms with Gasteiger partial charge in [0, 0.05) is 36.4 Å². The smallest absolute Gasteiger partial charge is 0.335 e. The van der Waals surface area contributed by atoms with E-state index in [4.69, 9.17) is 18.9 Å². The summed E-state index contributed by atoms with van der Waals surface area (Å²) in [5.74, 6) is -1.84. The maximum Gasteiger partial charge on any atom is 0.335 e. The Labute approximate surface area is 297 Å². The summed E-state index contributed by atoms with van der Waals surface area (Å²) in [4.78, 5) is 28.8. The van der Waals surface area contributed by atoms with Crippen molar-refractivity contribution in [1.82, 2.24) is 4.90 Å². The number of carbonyl (C=O) groups is 2. The number of carboxylic acids is 1. The van der Waals surface area contributed by atoms with Gasteiger partial charge in [-0.3, -0.25) is 9.69 Å². The Morgan fingerprint density at radius 1 is 1.02 bits per heavy atom. The van der Waals surface area contributed by atoms with Gasteiger partial charge in [0.2, 0.25) is 6.29 Å². The number of hydrogen-bond donors (Lipinski definition) is 6. The minimum absolute atomic E-state index is 0.0331. The Kier molecular flexibility index (Phi) is 8.12. The summed E-state index contributed by atoms with van der Waals surface area (Å²) in [6.45, 7) is 6.13. The van der Waals surface area contributed by atoms with Crippen LogP contribution >= 0.6 is 0 Å². The fourth-order valence-corrected chi connectivity index (χ4v) is 13.9. The van der Waals surface area contributed by atoms with Gasteiger partial charge in [-0.1, -0.05) is 19.9 Å². The number of esters is 1. The number of carboxylic acid groups (broad SMARTS) is 1. The first-order valence-electron chi connectivity index (χ1n) is 19.2. The summed E-state index contributed by atoms with van der Waals surface area (Å²) < 4.78 is 23.6. The maximum atomic E-state index is 14.3. The van der Waals surface area contributed by atoms with Crippen molar-refractivity contribution in [3.63, 3.8) is 0 Å². The molecule has 13 nitrogen and oxygen atoms in total. The summed E-state index contributed by atoms with van der Waals surface area (Å²) in [5.41, 5.74) is -0.878. The van der Waals surface area contributed by atoms with Crippen LogP contribution in [0.4, 0.5) is 0 Å². The van der Waals surface area contributed by atoms with Gasteiger partial charge in [0.25, 0.3) is 0 Å². The molecule has 6 N–H and O–H groups in total. The van der Waals surface area contributed by atoms with Crippen molar-refractivity contribution in [2.45, 2.75) is 114 Å². The quantitative estimate of drug-likeness (QED) is 0.163. The number of nitrogens with zero attached hydrogens (tertiary/aromatic N) is 1. The summed E-state index contributed by atoms with van der Waals surface area (Å²) in [6.07, 6.45) is 0.854. The molecule has 5 aliphatic carbocycles. The maximum absolute atomic E-state index is 14.3. The molecule has 4 saturated carbocycles. The Morgan fingerprint density at radius 3 is 2.55 bits per heavy atom. The van der Waals surface area contributed by atoms with Crippen molar-refractivity contribution in [2.24, 2.45) is 58.2 Å². The Morgan fingerprint density at radius 2 is 1.78 bits per heavy atom. The number of allylic oxidation sites excluding steroid dienone is 1. The van der Waals surface area contributed by atoms with Crippen LogP contribution in [-0.2, 0) is 28.5 Å². The van der Waals surface area contributed by atoms with E-state index >= 15 is 0 Å². The van der Waals surface area contributed by atoms with E-state index in [1.165, 1.54) is 0 Å². The average Bonchev–Trinajstić information content (AvgIpc) is 3.83. The highest BCUT2D eigenvalue weighted by molar-refractivity contribution is 5.87. The highest BCUT2D eigenvalue weighted by atomic mass is 16.8. The van der Waals surface area contributed by atoms with Gasteiger partial charge < -0.3 is 49.6 Å². The Balaban J connectivity index is 0.942. The lowest BCUT2D eigenvalue weighted by molar-refractivity contribution is -0.340. The van der Waals surface area contributed by atoms with Crippen LogP contribution in [-0.4, -0.2) is 122 Å². The average molecular weight is 716 g/mol. The molecule has 0 amide bonds. The number of aliphatic hydroxyl groups is 5. The molecular weight excluding hydrogens is 662 g/mol. The molecule has 9 aliphatic rings. The van der Waals surface area contributed by atoms with E-state index in [1.807, 2.05) is 0 Å². The molecule has 51 heavy (non-hydrogen) atoms. The van der Waals surface area contributed by atoms with E-state index in [0.29, 0.717) is 36.2 Å². The van der Waals surface area contributed by atoms with Crippen LogP contribution in [0, 0.1) is 58.2 Å². The standard InChI is InChI=1S/C38H53NO12/c1-17-12-39-13-20-5-4-19-6-8-25-23(11-37(38(19,25)47)31(39)21(17)9-10-36(20,37)2)33(46)48-16-26-28(41)29(42)30(43)35(50-26)51-34-27-18(14-40)3-7-22(27)24(15-49-34)32(44)45/h3,15,17,19-23,25-31,34-35,40-43,47H,4-14,16H2,1-2H3,(H,44,45). The second-order valence-electron chi connectivity index (χ2n) is 17.7. The molecule has 0 radical (unpaired) electrons. The van der Waals surface area contributed by atoms with Gasteiger partial charge in [-0.05, 0) is 86.0 Å². The van der Waals surface area contributed by atoms with Crippen LogP contribution in [0.5, 0.6) is 0 Å². The van der Waals surface area contributed by atoms with Crippen LogP contribution in [0.15, 0.2) is 23.5 Å². The molecular formula is C38H53NO12. The topological polar surface area (TPSA) is 196 Å². The molecule has 4 aliphatic heterocycles. The fraction of sp³-hybridized carbons (Fsp3) is 0.842. The fourth-order valence-electron chi connectivity index (χ4n) is 13.9. The van der Waals surface area contributed by atoms with Crippen molar-refractivity contribution >= 4 is 11.9 Å². The number of aliphatic hydroxyl groups excluding tert-OH is 4. The first-order valence-corrected chi connectivity index (χ1v) is 19.2. The molecule has 0 aromatic rings. The van der Waals surface area contributed by atoms with Gasteiger partial charge in [-0.15, -0.1) is 0 Å². The Bertz CT molecular complexity index is 1520. The van der Waals surface area contributed by atoms with E-state index < -0.39 is 84.3 Å². The van der Waals surface area contributed by atoms with Crippen LogP contribution in [0.25, 0.3) is 0 Å². The lowest BCUT2D eigenvalue weighted by atomic mass is 9.41. The predicted molar refractivity (Wildman–Crippen MR) is 176 cm³/mol. The van der Waals surface area contributed by atoms with E-state index in [0.717, 1.165) is 57.9 Å². The molecule has 13 heteroatoms. The number of rotatable bonds is 7. The number of ether oxygens (including phenoxy) is 4. The van der Waals surface area contributed by atoms with Gasteiger partial charge in [-0.2, -0.15) is 0 Å². The summed E-state index contributed by atoms with van der Waals surface area (Å²) in [6, 6.07) is 0.244. The number of piperidine rings is 1. The number of fused-ring (bicyclic) bond motifs is 1. The molecule has 18 atom stereocenters. The normalized spacial score (nSPS) is 53.7. The number of hydrogen-bond acceptors (Lipinski definition) is 12. The van der Waals surface area contributed by atoms with Gasteiger partial charge in [0.1, 0.15) is 31.0 Å². The van der Waals surface area contributed by atoms with Crippen molar-refractivity contribution in [1.29, 1.82) is 0 Å². The van der Waals surface area contributed by atoms with Crippen molar-refractivity contribution in [3.05, 3.63) is 23.5 Å². The van der Waals surface area contributed by atoms with Crippen molar-refractivity contribution in [2.75, 3.05) is 26.3 Å². The molecule has 0 aromatic carbocycles. The lowest BCUT2D eigenvalue weighted by Gasteiger charge is -2.68. The zero-order chi connectivity index (χ0) is 35.8. The third-order valence-electron chi connectivity index (χ3n) is 16.1. The minimum Gasteiger partial charge on any atom is -0.478 e. The van der Waals surface area contributed by atoms with Crippen LogP contribution in [0.1, 0.15) is 65.2 Å². The highest BCUT2D eigenvalue weighted by Crippen LogP contribution is 2.79. The zero-order valence-electron chi connectivity index (χ0n) is 29.4. The number of aliphatic carboxylic acids is 1. The molecule has 18 unspecified atom stereocenters. The molecule has 282 valence electrons. The third-order valence-corrected chi connectivity index (χ3v) is 16.1. The monoisotopic (exact) mass is 715 g/mol. The molecule has 7 fully saturated rings. The lowest BCUT2D eigenvalue weighted by Crippen LogP contribution is -2.73. The van der Waals surface area contributed by atoms with Crippen LogP contribution < -0.4 is 0 Å². The largest absolute Gasteiger partial charge is 0.478 e. The van der Waals surface area contributed by atoms with E-state index in [9.17, 15) is 40.2 Å². The highest BCUT2D eigenvalue weighted by Gasteiger charge is 2.82. The molecule has 4 bridgehead atoms. The van der Waals surface area contributed by atoms with Crippen LogP contribution in [0.3, 0.4) is 0 Å². The van der Waals surface area contributed by atoms with E-state index in [-0.39, 0.29) is 35.5 Å². The van der Waals surface area contributed by atoms with Crippen molar-refractivity contribution in [3.8, 4) is 0 Å². The molecule has 4 heterocycles. The van der Waals surface area contributed by atoms with E-state index in [1.54, 1.807) is 6.08 Å². The number of carbonyl (C=O) groups excluding carboxylic acids is 1. The molecule has 1 spiro atoms. The molecule has 9 rings (SSSR count). The summed E-state index contributed by atoms with van der Waals surface area (Å²) in [7, 11) is 0. The Hall–Kier alpha value is -2.10. The molecule has 3 saturated heterocycles. The first kappa shape index (κ1) is 34.7. The second kappa shape index (κ2) is 11.9. The van der Waals surface area contributed by atoms with Gasteiger partial charge in [0.15, 0.2) is 6.29 Å².